The predicted octanol–water partition coefficient (Wildman–Crippen LogP) is 3.80. The zero-order chi connectivity index (χ0) is 13.9. The Morgan fingerprint density at radius 3 is 2.75 bits per heavy atom. The number of rotatable bonds is 4. The third kappa shape index (κ3) is 2.73. The number of hydrogen-bond acceptors (Lipinski definition) is 2. The highest BCUT2D eigenvalue weighted by molar-refractivity contribution is 5.41. The highest BCUT2D eigenvalue weighted by Gasteiger charge is 2.20. The highest BCUT2D eigenvalue weighted by Crippen LogP contribution is 2.23. The summed E-state index contributed by atoms with van der Waals surface area (Å²) in [5, 5.41) is 0. The number of nitrogens with zero attached hydrogens (tertiary/aromatic N) is 3. The van der Waals surface area contributed by atoms with Crippen molar-refractivity contribution in [2.45, 2.75) is 58.5 Å². The first-order valence-corrected chi connectivity index (χ1v) is 7.95. The molecule has 0 spiro atoms. The lowest BCUT2D eigenvalue weighted by Crippen LogP contribution is -2.36. The molecular weight excluding hydrogens is 246 g/mol. The topological polar surface area (TPSA) is 20.5 Å². The molecule has 0 saturated heterocycles. The molecule has 0 aliphatic heterocycles. The van der Waals surface area contributed by atoms with Crippen LogP contribution in [0.3, 0.4) is 0 Å². The van der Waals surface area contributed by atoms with E-state index in [0.717, 1.165) is 24.8 Å². The summed E-state index contributed by atoms with van der Waals surface area (Å²) in [4.78, 5) is 7.38. The van der Waals surface area contributed by atoms with Crippen molar-refractivity contribution in [2.24, 2.45) is 0 Å². The van der Waals surface area contributed by atoms with Gasteiger partial charge in [-0.3, -0.25) is 4.90 Å². The first-order chi connectivity index (χ1) is 9.78. The molecular formula is C17H25N3. The van der Waals surface area contributed by atoms with Gasteiger partial charge in [-0.25, -0.2) is 4.98 Å². The van der Waals surface area contributed by atoms with E-state index in [4.69, 9.17) is 4.98 Å². The minimum Gasteiger partial charge on any atom is -0.304 e. The maximum absolute atomic E-state index is 4.78. The normalized spacial score (nSPS) is 17.1. The van der Waals surface area contributed by atoms with Crippen LogP contribution in [0.1, 0.15) is 50.4 Å². The molecule has 0 radical (unpaired) electrons. The zero-order valence-corrected chi connectivity index (χ0v) is 12.7. The SMILES string of the molecule is CCN(Cc1cn2c(C)cccc2n1)C1CCCCC1. The summed E-state index contributed by atoms with van der Waals surface area (Å²) in [6, 6.07) is 7.07. The standard InChI is InChI=1S/C17H25N3/c1-3-19(16-9-5-4-6-10-16)12-15-13-20-14(2)8-7-11-17(20)18-15/h7-8,11,13,16H,3-6,9-10,12H2,1-2H3. The van der Waals surface area contributed by atoms with E-state index in [1.807, 2.05) is 0 Å². The second-order valence-electron chi connectivity index (χ2n) is 5.98. The molecule has 2 aromatic heterocycles. The molecule has 1 aliphatic rings. The van der Waals surface area contributed by atoms with Crippen molar-refractivity contribution in [1.29, 1.82) is 0 Å². The van der Waals surface area contributed by atoms with Gasteiger partial charge in [0.2, 0.25) is 0 Å². The van der Waals surface area contributed by atoms with Crippen LogP contribution >= 0.6 is 0 Å². The first-order valence-electron chi connectivity index (χ1n) is 7.95. The quantitative estimate of drug-likeness (QED) is 0.843. The van der Waals surface area contributed by atoms with Crippen molar-refractivity contribution in [3.05, 3.63) is 35.8 Å². The van der Waals surface area contributed by atoms with Crippen molar-refractivity contribution >= 4 is 5.65 Å². The summed E-state index contributed by atoms with van der Waals surface area (Å²) < 4.78 is 2.20. The Hall–Kier alpha value is -1.35. The second kappa shape index (κ2) is 5.96. The highest BCUT2D eigenvalue weighted by atomic mass is 15.2. The average molecular weight is 271 g/mol. The Kier molecular flexibility index (Phi) is 4.06. The molecule has 2 aromatic rings. The van der Waals surface area contributed by atoms with Crippen molar-refractivity contribution in [2.75, 3.05) is 6.54 Å². The van der Waals surface area contributed by atoms with Crippen LogP contribution in [0.5, 0.6) is 0 Å². The molecule has 1 aliphatic carbocycles. The van der Waals surface area contributed by atoms with E-state index in [-0.39, 0.29) is 0 Å². The van der Waals surface area contributed by atoms with Gasteiger partial charge in [0.15, 0.2) is 0 Å². The average Bonchev–Trinajstić information content (AvgIpc) is 2.90. The Morgan fingerprint density at radius 2 is 2.05 bits per heavy atom. The number of pyridine rings is 1. The molecule has 108 valence electrons. The lowest BCUT2D eigenvalue weighted by atomic mass is 9.94. The molecule has 0 aromatic carbocycles. The molecule has 3 heteroatoms. The fourth-order valence-corrected chi connectivity index (χ4v) is 3.43. The van der Waals surface area contributed by atoms with Crippen molar-refractivity contribution in [3.63, 3.8) is 0 Å². The molecule has 2 heterocycles. The minimum atomic E-state index is 0.764. The fourth-order valence-electron chi connectivity index (χ4n) is 3.43. The molecule has 0 bridgehead atoms. The van der Waals surface area contributed by atoms with Gasteiger partial charge in [-0.2, -0.15) is 0 Å². The van der Waals surface area contributed by atoms with Crippen molar-refractivity contribution in [1.82, 2.24) is 14.3 Å². The van der Waals surface area contributed by atoms with Gasteiger partial charge >= 0.3 is 0 Å². The van der Waals surface area contributed by atoms with Crippen LogP contribution in [0.25, 0.3) is 5.65 Å². The second-order valence-corrected chi connectivity index (χ2v) is 5.98. The zero-order valence-electron chi connectivity index (χ0n) is 12.7. The summed E-state index contributed by atoms with van der Waals surface area (Å²) >= 11 is 0. The lowest BCUT2D eigenvalue weighted by Gasteiger charge is -2.32. The maximum Gasteiger partial charge on any atom is 0.137 e. The van der Waals surface area contributed by atoms with Gasteiger partial charge in [0.25, 0.3) is 0 Å². The Bertz CT molecular complexity index is 567. The van der Waals surface area contributed by atoms with Crippen LogP contribution in [-0.4, -0.2) is 26.9 Å². The van der Waals surface area contributed by atoms with Crippen LogP contribution < -0.4 is 0 Å². The van der Waals surface area contributed by atoms with Crippen LogP contribution in [0.15, 0.2) is 24.4 Å². The first kappa shape index (κ1) is 13.6. The third-order valence-electron chi connectivity index (χ3n) is 4.61. The van der Waals surface area contributed by atoms with Gasteiger partial charge in [-0.1, -0.05) is 32.3 Å². The Labute approximate surface area is 121 Å². The summed E-state index contributed by atoms with van der Waals surface area (Å²) in [5.41, 5.74) is 3.52. The van der Waals surface area contributed by atoms with Crippen LogP contribution in [0, 0.1) is 6.92 Å². The van der Waals surface area contributed by atoms with E-state index >= 15 is 0 Å². The summed E-state index contributed by atoms with van der Waals surface area (Å²) in [6.07, 6.45) is 9.13. The van der Waals surface area contributed by atoms with Crippen LogP contribution in [0.4, 0.5) is 0 Å². The summed E-state index contributed by atoms with van der Waals surface area (Å²) in [7, 11) is 0. The maximum atomic E-state index is 4.78. The predicted molar refractivity (Wildman–Crippen MR) is 82.9 cm³/mol. The monoisotopic (exact) mass is 271 g/mol. The molecule has 0 amide bonds. The van der Waals surface area contributed by atoms with E-state index in [1.54, 1.807) is 0 Å². The summed E-state index contributed by atoms with van der Waals surface area (Å²) in [5.74, 6) is 0. The number of imidazole rings is 1. The van der Waals surface area contributed by atoms with Gasteiger partial charge in [0.1, 0.15) is 5.65 Å². The molecule has 20 heavy (non-hydrogen) atoms. The molecule has 3 rings (SSSR count). The molecule has 3 nitrogen and oxygen atoms in total. The Morgan fingerprint density at radius 1 is 1.25 bits per heavy atom. The fraction of sp³-hybridized carbons (Fsp3) is 0.588. The van der Waals surface area contributed by atoms with E-state index in [1.165, 1.54) is 43.5 Å². The van der Waals surface area contributed by atoms with Crippen molar-refractivity contribution in [3.8, 4) is 0 Å². The number of fused-ring (bicyclic) bond motifs is 1. The van der Waals surface area contributed by atoms with Gasteiger partial charge in [0.05, 0.1) is 5.69 Å². The van der Waals surface area contributed by atoms with Crippen molar-refractivity contribution < 1.29 is 0 Å². The largest absolute Gasteiger partial charge is 0.304 e. The number of aromatic nitrogens is 2. The molecule has 0 atom stereocenters. The molecule has 1 saturated carbocycles. The minimum absolute atomic E-state index is 0.764. The third-order valence-corrected chi connectivity index (χ3v) is 4.61. The van der Waals surface area contributed by atoms with E-state index in [0.29, 0.717) is 0 Å². The van der Waals surface area contributed by atoms with Gasteiger partial charge in [0, 0.05) is 24.5 Å². The van der Waals surface area contributed by atoms with E-state index in [9.17, 15) is 0 Å². The van der Waals surface area contributed by atoms with Crippen LogP contribution in [0.2, 0.25) is 0 Å². The Balaban J connectivity index is 1.78. The van der Waals surface area contributed by atoms with Gasteiger partial charge in [-0.05, 0) is 38.4 Å². The van der Waals surface area contributed by atoms with Gasteiger partial charge in [-0.15, -0.1) is 0 Å². The molecule has 0 N–H and O–H groups in total. The van der Waals surface area contributed by atoms with Crippen LogP contribution in [-0.2, 0) is 6.54 Å². The van der Waals surface area contributed by atoms with Gasteiger partial charge < -0.3 is 4.40 Å². The molecule has 1 fully saturated rings. The number of aryl methyl sites for hydroxylation is 1. The summed E-state index contributed by atoms with van der Waals surface area (Å²) in [6.45, 7) is 6.52. The molecule has 0 unspecified atom stereocenters. The lowest BCUT2D eigenvalue weighted by molar-refractivity contribution is 0.154. The number of hydrogen-bond donors (Lipinski definition) is 0. The smallest absolute Gasteiger partial charge is 0.137 e. The van der Waals surface area contributed by atoms with E-state index < -0.39 is 0 Å². The van der Waals surface area contributed by atoms with E-state index in [2.05, 4.69) is 47.5 Å².